The molecule has 0 radical (unpaired) electrons. The highest BCUT2D eigenvalue weighted by molar-refractivity contribution is 9.10. The third-order valence-electron chi connectivity index (χ3n) is 2.42. The number of carbonyl (C=O) groups excluding carboxylic acids is 1. The number of carboxylic acids is 1. The van der Waals surface area contributed by atoms with Crippen LogP contribution in [0.25, 0.3) is 0 Å². The van der Waals surface area contributed by atoms with Crippen molar-refractivity contribution in [2.45, 2.75) is 0 Å². The van der Waals surface area contributed by atoms with E-state index in [1.165, 1.54) is 24.4 Å². The molecule has 2 rings (SSSR count). The van der Waals surface area contributed by atoms with E-state index in [0.717, 1.165) is 12.1 Å². The molecule has 0 atom stereocenters. The van der Waals surface area contributed by atoms with E-state index in [4.69, 9.17) is 5.11 Å². The Hall–Kier alpha value is -2.28. The van der Waals surface area contributed by atoms with E-state index < -0.39 is 17.7 Å². The predicted molar refractivity (Wildman–Crippen MR) is 73.2 cm³/mol. The predicted octanol–water partition coefficient (Wildman–Crippen LogP) is 2.93. The first-order chi connectivity index (χ1) is 9.47. The average molecular weight is 339 g/mol. The van der Waals surface area contributed by atoms with Gasteiger partial charge in [-0.2, -0.15) is 0 Å². The molecule has 20 heavy (non-hydrogen) atoms. The number of nitrogens with one attached hydrogen (secondary N) is 1. The number of anilines is 1. The molecule has 0 spiro atoms. The first-order valence-electron chi connectivity index (χ1n) is 5.43. The van der Waals surface area contributed by atoms with E-state index in [-0.39, 0.29) is 16.9 Å². The summed E-state index contributed by atoms with van der Waals surface area (Å²) >= 11 is 3.18. The largest absolute Gasteiger partial charge is 0.477 e. The summed E-state index contributed by atoms with van der Waals surface area (Å²) in [6.07, 6.45) is 1.22. The molecule has 0 aliphatic heterocycles. The highest BCUT2D eigenvalue weighted by Crippen LogP contribution is 2.23. The topological polar surface area (TPSA) is 79.3 Å². The van der Waals surface area contributed by atoms with Gasteiger partial charge in [-0.15, -0.1) is 0 Å². The third kappa shape index (κ3) is 3.18. The smallest absolute Gasteiger partial charge is 0.354 e. The number of aromatic carboxylic acids is 1. The quantitative estimate of drug-likeness (QED) is 0.901. The lowest BCUT2D eigenvalue weighted by Gasteiger charge is -2.07. The second-order valence-electron chi connectivity index (χ2n) is 3.81. The van der Waals surface area contributed by atoms with Crippen molar-refractivity contribution in [1.29, 1.82) is 0 Å². The Morgan fingerprint density at radius 1 is 1.25 bits per heavy atom. The van der Waals surface area contributed by atoms with Crippen LogP contribution in [0.1, 0.15) is 20.8 Å². The van der Waals surface area contributed by atoms with E-state index in [2.05, 4.69) is 26.2 Å². The number of pyridine rings is 1. The zero-order chi connectivity index (χ0) is 14.7. The number of amides is 1. The van der Waals surface area contributed by atoms with Crippen molar-refractivity contribution in [3.05, 3.63) is 58.1 Å². The number of carboxylic acid groups (broad SMARTS) is 1. The van der Waals surface area contributed by atoms with Crippen LogP contribution < -0.4 is 5.32 Å². The first kappa shape index (κ1) is 14.1. The fourth-order valence-corrected chi connectivity index (χ4v) is 1.82. The van der Waals surface area contributed by atoms with Gasteiger partial charge in [-0.3, -0.25) is 4.79 Å². The van der Waals surface area contributed by atoms with Gasteiger partial charge in [0.2, 0.25) is 0 Å². The zero-order valence-electron chi connectivity index (χ0n) is 9.93. The molecule has 0 aliphatic rings. The molecule has 1 aromatic heterocycles. The summed E-state index contributed by atoms with van der Waals surface area (Å²) in [4.78, 5) is 26.4. The van der Waals surface area contributed by atoms with Crippen LogP contribution in [-0.2, 0) is 0 Å². The summed E-state index contributed by atoms with van der Waals surface area (Å²) in [5.74, 6) is -2.28. The van der Waals surface area contributed by atoms with Crippen LogP contribution in [0.2, 0.25) is 0 Å². The van der Waals surface area contributed by atoms with Gasteiger partial charge in [0.25, 0.3) is 5.91 Å². The van der Waals surface area contributed by atoms with Crippen LogP contribution in [0.3, 0.4) is 0 Å². The van der Waals surface area contributed by atoms with E-state index in [1.807, 2.05) is 0 Å². The molecular weight excluding hydrogens is 331 g/mol. The average Bonchev–Trinajstić information content (AvgIpc) is 2.43. The Labute approximate surface area is 121 Å². The highest BCUT2D eigenvalue weighted by Gasteiger charge is 2.12. The molecule has 0 saturated carbocycles. The standard InChI is InChI=1S/C13H8BrFN2O3/c14-9-2-1-8(15)6-10(9)17-12(18)7-3-4-16-11(5-7)13(19)20/h1-6H,(H,17,18)(H,19,20). The molecule has 7 heteroatoms. The lowest BCUT2D eigenvalue weighted by atomic mass is 10.2. The Bertz CT molecular complexity index is 691. The summed E-state index contributed by atoms with van der Waals surface area (Å²) in [5.41, 5.74) is 0.133. The normalized spacial score (nSPS) is 10.1. The van der Waals surface area contributed by atoms with Gasteiger partial charge in [0.05, 0.1) is 5.69 Å². The van der Waals surface area contributed by atoms with Crippen LogP contribution in [0.4, 0.5) is 10.1 Å². The van der Waals surface area contributed by atoms with Gasteiger partial charge in [-0.05, 0) is 46.3 Å². The lowest BCUT2D eigenvalue weighted by molar-refractivity contribution is 0.0690. The van der Waals surface area contributed by atoms with Crippen molar-refractivity contribution in [3.63, 3.8) is 0 Å². The van der Waals surface area contributed by atoms with Gasteiger partial charge < -0.3 is 10.4 Å². The van der Waals surface area contributed by atoms with E-state index in [0.29, 0.717) is 4.47 Å². The number of carbonyl (C=O) groups is 2. The number of halogens is 2. The van der Waals surface area contributed by atoms with E-state index in [1.54, 1.807) is 0 Å². The molecule has 0 saturated heterocycles. The van der Waals surface area contributed by atoms with Gasteiger partial charge >= 0.3 is 5.97 Å². The molecule has 1 amide bonds. The van der Waals surface area contributed by atoms with Gasteiger partial charge in [0.15, 0.2) is 0 Å². The van der Waals surface area contributed by atoms with Crippen molar-refractivity contribution in [1.82, 2.24) is 4.98 Å². The Morgan fingerprint density at radius 2 is 2.00 bits per heavy atom. The molecule has 0 bridgehead atoms. The minimum atomic E-state index is -1.23. The fraction of sp³-hybridized carbons (Fsp3) is 0. The molecule has 0 unspecified atom stereocenters. The number of rotatable bonds is 3. The van der Waals surface area contributed by atoms with Crippen LogP contribution in [0.5, 0.6) is 0 Å². The molecule has 102 valence electrons. The van der Waals surface area contributed by atoms with Crippen molar-refractivity contribution in [2.75, 3.05) is 5.32 Å². The first-order valence-corrected chi connectivity index (χ1v) is 6.22. The molecule has 0 aliphatic carbocycles. The number of nitrogens with zero attached hydrogens (tertiary/aromatic N) is 1. The van der Waals surface area contributed by atoms with Gasteiger partial charge in [0, 0.05) is 16.2 Å². The highest BCUT2D eigenvalue weighted by atomic mass is 79.9. The van der Waals surface area contributed by atoms with Gasteiger partial charge in [-0.25, -0.2) is 14.2 Å². The minimum absolute atomic E-state index is 0.119. The SMILES string of the molecule is O=C(Nc1cc(F)ccc1Br)c1ccnc(C(=O)O)c1. The van der Waals surface area contributed by atoms with Crippen LogP contribution >= 0.6 is 15.9 Å². The summed E-state index contributed by atoms with van der Waals surface area (Å²) in [7, 11) is 0. The van der Waals surface area contributed by atoms with Crippen LogP contribution in [0.15, 0.2) is 41.0 Å². The monoisotopic (exact) mass is 338 g/mol. The second-order valence-corrected chi connectivity index (χ2v) is 4.67. The Morgan fingerprint density at radius 3 is 2.70 bits per heavy atom. The van der Waals surface area contributed by atoms with Crippen molar-refractivity contribution >= 4 is 33.5 Å². The van der Waals surface area contributed by atoms with Crippen LogP contribution in [-0.4, -0.2) is 22.0 Å². The Kier molecular flexibility index (Phi) is 4.09. The van der Waals surface area contributed by atoms with Crippen LogP contribution in [0, 0.1) is 5.82 Å². The third-order valence-corrected chi connectivity index (χ3v) is 3.11. The number of hydrogen-bond acceptors (Lipinski definition) is 3. The second kappa shape index (κ2) is 5.79. The maximum absolute atomic E-state index is 13.1. The maximum Gasteiger partial charge on any atom is 0.354 e. The van der Waals surface area contributed by atoms with Gasteiger partial charge in [-0.1, -0.05) is 0 Å². The van der Waals surface area contributed by atoms with Gasteiger partial charge in [0.1, 0.15) is 11.5 Å². The minimum Gasteiger partial charge on any atom is -0.477 e. The Balaban J connectivity index is 2.26. The van der Waals surface area contributed by atoms with Crippen molar-refractivity contribution in [3.8, 4) is 0 Å². The molecule has 5 nitrogen and oxygen atoms in total. The van der Waals surface area contributed by atoms with E-state index >= 15 is 0 Å². The number of benzene rings is 1. The molecular formula is C13H8BrFN2O3. The zero-order valence-corrected chi connectivity index (χ0v) is 11.5. The molecule has 0 fully saturated rings. The molecule has 1 heterocycles. The molecule has 2 aromatic rings. The van der Waals surface area contributed by atoms with Crippen molar-refractivity contribution in [2.24, 2.45) is 0 Å². The number of aromatic nitrogens is 1. The van der Waals surface area contributed by atoms with E-state index in [9.17, 15) is 14.0 Å². The summed E-state index contributed by atoms with van der Waals surface area (Å²) < 4.78 is 13.6. The number of hydrogen-bond donors (Lipinski definition) is 2. The maximum atomic E-state index is 13.1. The fourth-order valence-electron chi connectivity index (χ4n) is 1.48. The summed E-state index contributed by atoms with van der Waals surface area (Å²) in [6, 6.07) is 6.37. The summed E-state index contributed by atoms with van der Waals surface area (Å²) in [6.45, 7) is 0. The van der Waals surface area contributed by atoms with Crippen molar-refractivity contribution < 1.29 is 19.1 Å². The lowest BCUT2D eigenvalue weighted by Crippen LogP contribution is -2.14. The summed E-state index contributed by atoms with van der Waals surface area (Å²) in [5, 5.41) is 11.3. The molecule has 1 aromatic carbocycles. The molecule has 2 N–H and O–H groups in total.